The minimum Gasteiger partial charge on any atom is -0.365 e. The van der Waals surface area contributed by atoms with Gasteiger partial charge < -0.3 is 16.0 Å². The van der Waals surface area contributed by atoms with Crippen LogP contribution in [0, 0.1) is 23.0 Å². The molecule has 1 aliphatic rings. The summed E-state index contributed by atoms with van der Waals surface area (Å²) in [5, 5.41) is 15.5. The van der Waals surface area contributed by atoms with E-state index in [1.807, 2.05) is 0 Å². The Morgan fingerprint density at radius 2 is 1.83 bits per heavy atom. The molecule has 1 aliphatic heterocycles. The van der Waals surface area contributed by atoms with E-state index in [9.17, 15) is 31.5 Å². The molecule has 3 aromatic rings. The summed E-state index contributed by atoms with van der Waals surface area (Å²) in [7, 11) is 0. The van der Waals surface area contributed by atoms with E-state index in [-0.39, 0.29) is 47.8 Å². The number of carbonyl (C=O) groups excluding carboxylic acids is 2. The summed E-state index contributed by atoms with van der Waals surface area (Å²) in [6, 6.07) is 6.42. The zero-order valence-electron chi connectivity index (χ0n) is 17.7. The van der Waals surface area contributed by atoms with Crippen molar-refractivity contribution in [3.8, 4) is 17.3 Å². The highest BCUT2D eigenvalue weighted by molar-refractivity contribution is 6.00. The van der Waals surface area contributed by atoms with E-state index in [4.69, 9.17) is 11.0 Å². The molecule has 2 aromatic carbocycles. The van der Waals surface area contributed by atoms with Gasteiger partial charge in [-0.25, -0.2) is 13.6 Å². The summed E-state index contributed by atoms with van der Waals surface area (Å²) in [4.78, 5) is 26.2. The number of aromatic nitrogens is 2. The van der Waals surface area contributed by atoms with Gasteiger partial charge in [0.05, 0.1) is 41.5 Å². The Balaban J connectivity index is 1.62. The SMILES string of the molecule is N#Cc1ccc(NC(=O)N2CCn3nc(-c4ccc(F)c(F)c4)c(C(N)=O)c3C2)cc1C(F)(F)F. The normalized spacial score (nSPS) is 13.2. The van der Waals surface area contributed by atoms with Crippen LogP contribution < -0.4 is 11.1 Å². The molecule has 180 valence electrons. The average Bonchev–Trinajstić information content (AvgIpc) is 3.19. The van der Waals surface area contributed by atoms with Crippen molar-refractivity contribution in [1.29, 1.82) is 5.26 Å². The summed E-state index contributed by atoms with van der Waals surface area (Å²) in [5.74, 6) is -3.14. The van der Waals surface area contributed by atoms with Gasteiger partial charge in [-0.15, -0.1) is 0 Å². The van der Waals surface area contributed by atoms with E-state index >= 15 is 0 Å². The summed E-state index contributed by atoms with van der Waals surface area (Å²) >= 11 is 0. The van der Waals surface area contributed by atoms with E-state index in [0.29, 0.717) is 6.07 Å². The number of anilines is 1. The Labute approximate surface area is 194 Å². The standard InChI is InChI=1S/C22H15F5N6O2/c23-15-4-2-11(7-16(15)24)19-18(20(29)34)17-10-32(5-6-33(17)31-19)21(35)30-13-3-1-12(9-28)14(8-13)22(25,26)27/h1-4,7-8H,5-6,10H2,(H2,29,34)(H,30,35). The number of nitrogens with two attached hydrogens (primary N) is 1. The molecule has 0 saturated carbocycles. The van der Waals surface area contributed by atoms with E-state index in [0.717, 1.165) is 24.3 Å². The van der Waals surface area contributed by atoms with Crippen LogP contribution in [-0.4, -0.2) is 33.2 Å². The van der Waals surface area contributed by atoms with Crippen LogP contribution in [0.4, 0.5) is 32.4 Å². The number of urea groups is 1. The number of benzene rings is 2. The number of nitrogens with zero attached hydrogens (tertiary/aromatic N) is 4. The van der Waals surface area contributed by atoms with Crippen molar-refractivity contribution in [2.45, 2.75) is 19.3 Å². The van der Waals surface area contributed by atoms with Gasteiger partial charge in [0.15, 0.2) is 11.6 Å². The first-order valence-electron chi connectivity index (χ1n) is 10.0. The fraction of sp³-hybridized carbons (Fsp3) is 0.182. The predicted octanol–water partition coefficient (Wildman–Crippen LogP) is 3.87. The van der Waals surface area contributed by atoms with Crippen LogP contribution in [0.25, 0.3) is 11.3 Å². The van der Waals surface area contributed by atoms with Gasteiger partial charge in [0, 0.05) is 17.8 Å². The molecule has 0 fully saturated rings. The van der Waals surface area contributed by atoms with Crippen LogP contribution in [0.3, 0.4) is 0 Å². The van der Waals surface area contributed by atoms with Gasteiger partial charge in [0.2, 0.25) is 0 Å². The molecule has 2 heterocycles. The second kappa shape index (κ2) is 8.71. The van der Waals surface area contributed by atoms with Crippen LogP contribution in [0.1, 0.15) is 27.2 Å². The van der Waals surface area contributed by atoms with Crippen LogP contribution in [0.2, 0.25) is 0 Å². The van der Waals surface area contributed by atoms with Gasteiger partial charge in [0.25, 0.3) is 5.91 Å². The van der Waals surface area contributed by atoms with Crippen molar-refractivity contribution in [2.75, 3.05) is 11.9 Å². The summed E-state index contributed by atoms with van der Waals surface area (Å²) in [5.41, 5.74) is 3.80. The highest BCUT2D eigenvalue weighted by Crippen LogP contribution is 2.34. The molecule has 0 unspecified atom stereocenters. The van der Waals surface area contributed by atoms with Crippen molar-refractivity contribution >= 4 is 17.6 Å². The summed E-state index contributed by atoms with van der Waals surface area (Å²) in [6.07, 6.45) is -4.80. The number of fused-ring (bicyclic) bond motifs is 1. The van der Waals surface area contributed by atoms with Gasteiger partial charge in [-0.3, -0.25) is 9.48 Å². The number of primary amides is 1. The molecule has 0 bridgehead atoms. The van der Waals surface area contributed by atoms with Crippen molar-refractivity contribution < 1.29 is 31.5 Å². The van der Waals surface area contributed by atoms with Crippen LogP contribution in [-0.2, 0) is 19.3 Å². The fourth-order valence-electron chi connectivity index (χ4n) is 3.75. The van der Waals surface area contributed by atoms with Crippen molar-refractivity contribution in [1.82, 2.24) is 14.7 Å². The van der Waals surface area contributed by atoms with E-state index in [1.54, 1.807) is 0 Å². The number of alkyl halides is 3. The number of carbonyl (C=O) groups is 2. The zero-order chi connectivity index (χ0) is 25.5. The first-order chi connectivity index (χ1) is 16.5. The number of halogens is 5. The minimum atomic E-state index is -4.80. The average molecular weight is 490 g/mol. The number of nitriles is 1. The molecule has 0 spiro atoms. The molecule has 13 heteroatoms. The lowest BCUT2D eigenvalue weighted by atomic mass is 10.0. The number of hydrogen-bond acceptors (Lipinski definition) is 4. The molecule has 8 nitrogen and oxygen atoms in total. The maximum absolute atomic E-state index is 13.7. The third kappa shape index (κ3) is 4.50. The molecule has 0 aliphatic carbocycles. The summed E-state index contributed by atoms with van der Waals surface area (Å²) < 4.78 is 68.1. The Morgan fingerprint density at radius 3 is 2.46 bits per heavy atom. The van der Waals surface area contributed by atoms with E-state index in [2.05, 4.69) is 10.4 Å². The second-order valence-electron chi connectivity index (χ2n) is 7.61. The van der Waals surface area contributed by atoms with Crippen LogP contribution >= 0.6 is 0 Å². The zero-order valence-corrected chi connectivity index (χ0v) is 17.7. The molecule has 0 radical (unpaired) electrons. The quantitative estimate of drug-likeness (QED) is 0.542. The smallest absolute Gasteiger partial charge is 0.365 e. The van der Waals surface area contributed by atoms with Gasteiger partial charge in [-0.1, -0.05) is 0 Å². The van der Waals surface area contributed by atoms with Crippen LogP contribution in [0.5, 0.6) is 0 Å². The molecule has 3 amide bonds. The molecular weight excluding hydrogens is 475 g/mol. The van der Waals surface area contributed by atoms with Crippen molar-refractivity contribution in [2.24, 2.45) is 5.73 Å². The van der Waals surface area contributed by atoms with Crippen molar-refractivity contribution in [3.05, 3.63) is 70.4 Å². The maximum Gasteiger partial charge on any atom is 0.417 e. The third-order valence-electron chi connectivity index (χ3n) is 5.40. The Hall–Kier alpha value is -4.47. The number of rotatable bonds is 3. The van der Waals surface area contributed by atoms with Gasteiger partial charge >= 0.3 is 12.2 Å². The van der Waals surface area contributed by atoms with Crippen molar-refractivity contribution in [3.63, 3.8) is 0 Å². The van der Waals surface area contributed by atoms with E-state index < -0.39 is 40.9 Å². The first kappa shape index (κ1) is 23.7. The molecular formula is C22H15F5N6O2. The molecule has 1 aromatic heterocycles. The first-order valence-corrected chi connectivity index (χ1v) is 10.0. The van der Waals surface area contributed by atoms with Crippen LogP contribution in [0.15, 0.2) is 36.4 Å². The minimum absolute atomic E-state index is 0.00979. The number of amides is 3. The lowest BCUT2D eigenvalue weighted by molar-refractivity contribution is -0.137. The molecule has 35 heavy (non-hydrogen) atoms. The van der Waals surface area contributed by atoms with E-state index in [1.165, 1.54) is 21.7 Å². The Kier molecular flexibility index (Phi) is 5.89. The lowest BCUT2D eigenvalue weighted by Crippen LogP contribution is -2.41. The highest BCUT2D eigenvalue weighted by Gasteiger charge is 2.34. The van der Waals surface area contributed by atoms with Gasteiger partial charge in [0.1, 0.15) is 5.69 Å². The molecule has 0 saturated heterocycles. The monoisotopic (exact) mass is 490 g/mol. The maximum atomic E-state index is 13.7. The Bertz CT molecular complexity index is 1390. The van der Waals surface area contributed by atoms with Gasteiger partial charge in [-0.05, 0) is 36.4 Å². The second-order valence-corrected chi connectivity index (χ2v) is 7.61. The molecule has 3 N–H and O–H groups in total. The number of hydrogen-bond donors (Lipinski definition) is 2. The third-order valence-corrected chi connectivity index (χ3v) is 5.40. The highest BCUT2D eigenvalue weighted by atomic mass is 19.4. The Morgan fingerprint density at radius 1 is 1.09 bits per heavy atom. The lowest BCUT2D eigenvalue weighted by Gasteiger charge is -2.28. The van der Waals surface area contributed by atoms with Gasteiger partial charge in [-0.2, -0.15) is 23.5 Å². The summed E-state index contributed by atoms with van der Waals surface area (Å²) in [6.45, 7) is 0.00934. The number of nitrogens with one attached hydrogen (secondary N) is 1. The topological polar surface area (TPSA) is 117 Å². The fourth-order valence-corrected chi connectivity index (χ4v) is 3.75. The molecule has 0 atom stereocenters. The predicted molar refractivity (Wildman–Crippen MR) is 112 cm³/mol. The molecule has 4 rings (SSSR count). The largest absolute Gasteiger partial charge is 0.417 e.